The first-order valence-corrected chi connectivity index (χ1v) is 11.6. The Bertz CT molecular complexity index is 1070. The number of hydrogen-bond acceptors (Lipinski definition) is 4. The normalized spacial score (nSPS) is 18.6. The summed E-state index contributed by atoms with van der Waals surface area (Å²) < 4.78 is 111. The van der Waals surface area contributed by atoms with Crippen LogP contribution >= 0.6 is 10.2 Å². The maximum Gasteiger partial charge on any atom is 0.429 e. The van der Waals surface area contributed by atoms with Gasteiger partial charge in [0.1, 0.15) is 16.7 Å². The van der Waals surface area contributed by atoms with E-state index in [1.165, 1.54) is 0 Å². The van der Waals surface area contributed by atoms with Gasteiger partial charge in [-0.1, -0.05) is 19.4 Å². The van der Waals surface area contributed by atoms with Crippen molar-refractivity contribution in [1.29, 1.82) is 0 Å². The molecule has 0 saturated carbocycles. The molecule has 1 unspecified atom stereocenters. The van der Waals surface area contributed by atoms with Crippen molar-refractivity contribution in [3.8, 4) is 5.75 Å². The number of ether oxygens (including phenoxy) is 1. The number of benzene rings is 1. The van der Waals surface area contributed by atoms with E-state index < -0.39 is 62.2 Å². The third kappa shape index (κ3) is 7.63. The minimum Gasteiger partial charge on any atom is -0.480 e. The van der Waals surface area contributed by atoms with Gasteiger partial charge < -0.3 is 26.6 Å². The third-order valence-electron chi connectivity index (χ3n) is 4.62. The molecule has 0 bridgehead atoms. The number of guanidine groups is 1. The van der Waals surface area contributed by atoms with Crippen LogP contribution in [0.3, 0.4) is 0 Å². The fourth-order valence-corrected chi connectivity index (χ4v) is 3.69. The minimum absolute atomic E-state index is 0.114. The molecule has 0 spiro atoms. The Labute approximate surface area is 192 Å². The van der Waals surface area contributed by atoms with E-state index in [2.05, 4.69) is 9.73 Å². The Morgan fingerprint density at radius 1 is 1.14 bits per heavy atom. The number of hydrogen-bond donors (Lipinski definition) is 4. The van der Waals surface area contributed by atoms with Crippen LogP contribution in [0.15, 0.2) is 33.7 Å². The molecule has 1 aliphatic rings. The number of aliphatic carboxylic acids is 1. The van der Waals surface area contributed by atoms with Crippen molar-refractivity contribution < 1.29 is 52.0 Å². The SMILES string of the molecule is NC(N)=NCCCCC(NC(=O)C1=Cc2cc(S(F)(F)(F)(F)F)ccc2O[C@@H]1C(F)(F)F)C(=O)O. The number of fused-ring (bicyclic) bond motifs is 1. The molecule has 1 heterocycles. The number of halogens is 8. The average Bonchev–Trinajstić information content (AvgIpc) is 2.68. The summed E-state index contributed by atoms with van der Waals surface area (Å²) in [6.07, 6.45) is -7.80. The first-order valence-electron chi connectivity index (χ1n) is 9.61. The Morgan fingerprint density at radius 3 is 2.29 bits per heavy atom. The summed E-state index contributed by atoms with van der Waals surface area (Å²) in [6, 6.07) is -1.68. The highest BCUT2D eigenvalue weighted by atomic mass is 32.5. The van der Waals surface area contributed by atoms with Crippen molar-refractivity contribution in [3.05, 3.63) is 29.3 Å². The van der Waals surface area contributed by atoms with E-state index in [0.717, 1.165) is 0 Å². The second kappa shape index (κ2) is 8.76. The second-order valence-electron chi connectivity index (χ2n) is 7.47. The van der Waals surface area contributed by atoms with E-state index in [0.29, 0.717) is 6.08 Å². The van der Waals surface area contributed by atoms with Crippen LogP contribution in [0.4, 0.5) is 32.6 Å². The summed E-state index contributed by atoms with van der Waals surface area (Å²) in [5.41, 5.74) is 8.07. The molecule has 198 valence electrons. The van der Waals surface area contributed by atoms with Crippen LogP contribution in [-0.2, 0) is 9.59 Å². The lowest BCUT2D eigenvalue weighted by Gasteiger charge is -2.41. The number of nitrogens with two attached hydrogens (primary N) is 2. The molecule has 0 aromatic heterocycles. The van der Waals surface area contributed by atoms with Gasteiger partial charge >= 0.3 is 22.4 Å². The minimum atomic E-state index is -10.2. The summed E-state index contributed by atoms with van der Waals surface area (Å²) in [4.78, 5) is 25.2. The van der Waals surface area contributed by atoms with Crippen LogP contribution in [0.5, 0.6) is 5.75 Å². The van der Waals surface area contributed by atoms with Crippen molar-refractivity contribution in [2.75, 3.05) is 6.54 Å². The smallest absolute Gasteiger partial charge is 0.429 e. The molecule has 0 aliphatic carbocycles. The molecule has 35 heavy (non-hydrogen) atoms. The lowest BCUT2D eigenvalue weighted by molar-refractivity contribution is -0.185. The number of nitrogens with one attached hydrogen (secondary N) is 1. The van der Waals surface area contributed by atoms with Gasteiger partial charge in [-0.05, 0) is 43.5 Å². The quantitative estimate of drug-likeness (QED) is 0.161. The second-order valence-corrected chi connectivity index (χ2v) is 9.88. The van der Waals surface area contributed by atoms with Crippen molar-refractivity contribution in [1.82, 2.24) is 5.32 Å². The molecular weight excluding hydrogens is 520 g/mol. The molecule has 2 atom stereocenters. The van der Waals surface area contributed by atoms with Crippen molar-refractivity contribution in [3.63, 3.8) is 0 Å². The van der Waals surface area contributed by atoms with Crippen LogP contribution in [0.25, 0.3) is 6.08 Å². The standard InChI is InChI=1S/C18H20F8N4O4S/c19-18(20,21)14-11(15(31)30-12(16(32)33)3-1-2-6-29-17(27)28)8-9-7-10(4-5-13(9)34-14)35(22,23,24,25)26/h4-5,7-8,12,14H,1-3,6H2,(H,30,31)(H,32,33)(H4,27,28,29)/t12?,14-/m0/s1. The Balaban J connectivity index is 2.36. The number of nitrogens with zero attached hydrogens (tertiary/aromatic N) is 1. The maximum atomic E-state index is 13.5. The van der Waals surface area contributed by atoms with Gasteiger partial charge in [0.2, 0.25) is 6.10 Å². The van der Waals surface area contributed by atoms with E-state index in [1.807, 2.05) is 5.32 Å². The van der Waals surface area contributed by atoms with E-state index in [-0.39, 0.29) is 50.0 Å². The molecule has 17 heteroatoms. The summed E-state index contributed by atoms with van der Waals surface area (Å²) >= 11 is 0. The van der Waals surface area contributed by atoms with E-state index in [4.69, 9.17) is 11.5 Å². The molecule has 0 saturated heterocycles. The Morgan fingerprint density at radius 2 is 1.77 bits per heavy atom. The highest BCUT2D eigenvalue weighted by Gasteiger charge is 2.65. The molecule has 8 nitrogen and oxygen atoms in total. The van der Waals surface area contributed by atoms with E-state index in [9.17, 15) is 47.3 Å². The monoisotopic (exact) mass is 540 g/mol. The summed E-state index contributed by atoms with van der Waals surface area (Å²) in [7, 11) is -10.2. The number of carbonyl (C=O) groups is 2. The highest BCUT2D eigenvalue weighted by molar-refractivity contribution is 8.45. The predicted molar refractivity (Wildman–Crippen MR) is 110 cm³/mol. The lowest BCUT2D eigenvalue weighted by atomic mass is 9.99. The van der Waals surface area contributed by atoms with Crippen LogP contribution in [0, 0.1) is 0 Å². The van der Waals surface area contributed by atoms with Gasteiger partial charge in [0.15, 0.2) is 5.96 Å². The van der Waals surface area contributed by atoms with Crippen molar-refractivity contribution >= 4 is 34.1 Å². The van der Waals surface area contributed by atoms with Crippen LogP contribution in [0.1, 0.15) is 24.8 Å². The molecule has 1 aromatic carbocycles. The molecule has 6 N–H and O–H groups in total. The molecular formula is C18H20F8N4O4S. The third-order valence-corrected chi connectivity index (χ3v) is 5.77. The van der Waals surface area contributed by atoms with Gasteiger partial charge in [-0.15, -0.1) is 0 Å². The Hall–Kier alpha value is -3.24. The fraction of sp³-hybridized carbons (Fsp3) is 0.389. The zero-order chi connectivity index (χ0) is 26.9. The molecule has 1 aromatic rings. The molecule has 1 amide bonds. The molecule has 0 fully saturated rings. The van der Waals surface area contributed by atoms with Gasteiger partial charge in [0.05, 0.1) is 5.57 Å². The number of carbonyl (C=O) groups excluding carboxylic acids is 1. The number of carboxylic acids is 1. The number of carboxylic acid groups (broad SMARTS) is 1. The van der Waals surface area contributed by atoms with Gasteiger partial charge in [0, 0.05) is 12.1 Å². The van der Waals surface area contributed by atoms with Gasteiger partial charge in [-0.25, -0.2) is 4.79 Å². The maximum absolute atomic E-state index is 13.5. The Kier molecular flexibility index (Phi) is 7.01. The fourth-order valence-electron chi connectivity index (χ4n) is 3.02. The molecule has 0 radical (unpaired) electrons. The average molecular weight is 540 g/mol. The lowest BCUT2D eigenvalue weighted by Crippen LogP contribution is -2.47. The highest BCUT2D eigenvalue weighted by Crippen LogP contribution is 3.02. The van der Waals surface area contributed by atoms with Crippen molar-refractivity contribution in [2.24, 2.45) is 16.5 Å². The van der Waals surface area contributed by atoms with Crippen molar-refractivity contribution in [2.45, 2.75) is 42.5 Å². The molecule has 2 rings (SSSR count). The topological polar surface area (TPSA) is 140 Å². The predicted octanol–water partition coefficient (Wildman–Crippen LogP) is 4.06. The largest absolute Gasteiger partial charge is 0.480 e. The summed E-state index contributed by atoms with van der Waals surface area (Å²) in [6.45, 7) is 0.114. The van der Waals surface area contributed by atoms with Gasteiger partial charge in [-0.3, -0.25) is 9.79 Å². The summed E-state index contributed by atoms with van der Waals surface area (Å²) in [5.74, 6) is -4.27. The van der Waals surface area contributed by atoms with Crippen LogP contribution in [-0.4, -0.2) is 47.8 Å². The zero-order valence-corrected chi connectivity index (χ0v) is 18.3. The first-order chi connectivity index (χ1) is 15.7. The summed E-state index contributed by atoms with van der Waals surface area (Å²) in [5, 5.41) is 11.1. The molecule has 1 aliphatic heterocycles. The number of aliphatic imine (C=N–C) groups is 1. The van der Waals surface area contributed by atoms with Crippen LogP contribution < -0.4 is 21.5 Å². The van der Waals surface area contributed by atoms with Gasteiger partial charge in [0.25, 0.3) is 5.91 Å². The number of unbranched alkanes of at least 4 members (excludes halogenated alkanes) is 1. The number of amides is 1. The van der Waals surface area contributed by atoms with E-state index >= 15 is 0 Å². The first kappa shape index (κ1) is 28.0. The number of alkyl halides is 3. The van der Waals surface area contributed by atoms with Crippen LogP contribution in [0.2, 0.25) is 0 Å². The van der Waals surface area contributed by atoms with E-state index in [1.54, 1.807) is 0 Å². The number of rotatable bonds is 9. The van der Waals surface area contributed by atoms with Gasteiger partial charge in [-0.2, -0.15) is 13.2 Å². The zero-order valence-electron chi connectivity index (χ0n) is 17.5.